The van der Waals surface area contributed by atoms with Gasteiger partial charge in [0, 0.05) is 16.8 Å². The van der Waals surface area contributed by atoms with Gasteiger partial charge in [-0.2, -0.15) is 0 Å². The summed E-state index contributed by atoms with van der Waals surface area (Å²) < 4.78 is 2.05. The molecule has 1 aromatic heterocycles. The summed E-state index contributed by atoms with van der Waals surface area (Å²) in [5, 5.41) is 12.4. The molecule has 0 aliphatic heterocycles. The summed E-state index contributed by atoms with van der Waals surface area (Å²) >= 11 is 1.34. The Morgan fingerprint density at radius 3 is 2.39 bits per heavy atom. The van der Waals surface area contributed by atoms with E-state index in [0.29, 0.717) is 23.0 Å². The van der Waals surface area contributed by atoms with Crippen LogP contribution in [0.4, 0.5) is 5.69 Å². The first-order valence-corrected chi connectivity index (χ1v) is 11.6. The van der Waals surface area contributed by atoms with Crippen molar-refractivity contribution in [1.29, 1.82) is 0 Å². The number of Topliss-reactive ketones (excluding diaryl/α,β-unsaturated/α-hetero) is 1. The number of aryl methyl sites for hydroxylation is 1. The van der Waals surface area contributed by atoms with Crippen LogP contribution >= 0.6 is 11.8 Å². The van der Waals surface area contributed by atoms with Gasteiger partial charge in [0.05, 0.1) is 12.3 Å². The van der Waals surface area contributed by atoms with Crippen molar-refractivity contribution < 1.29 is 9.59 Å². The molecule has 3 aromatic carbocycles. The summed E-state index contributed by atoms with van der Waals surface area (Å²) in [6.07, 6.45) is 0. The minimum atomic E-state index is -0.151. The molecule has 166 valence electrons. The van der Waals surface area contributed by atoms with Crippen molar-refractivity contribution in [2.24, 2.45) is 0 Å². The maximum atomic E-state index is 12.5. The van der Waals surface area contributed by atoms with E-state index in [-0.39, 0.29) is 17.4 Å². The van der Waals surface area contributed by atoms with Gasteiger partial charge in [-0.3, -0.25) is 14.2 Å². The number of hydrogen-bond donors (Lipinski definition) is 1. The largest absolute Gasteiger partial charge is 0.325 e. The van der Waals surface area contributed by atoms with Crippen LogP contribution in [0.15, 0.2) is 84.0 Å². The topological polar surface area (TPSA) is 76.9 Å². The average Bonchev–Trinajstić information content (AvgIpc) is 3.21. The second kappa shape index (κ2) is 10.3. The predicted octanol–water partition coefficient (Wildman–Crippen LogP) is 5.24. The Morgan fingerprint density at radius 1 is 0.939 bits per heavy atom. The fourth-order valence-electron chi connectivity index (χ4n) is 3.42. The molecule has 0 bridgehead atoms. The third-order valence-corrected chi connectivity index (χ3v) is 6.05. The monoisotopic (exact) mass is 456 g/mol. The molecule has 4 aromatic rings. The van der Waals surface area contributed by atoms with Crippen LogP contribution in [-0.2, 0) is 11.3 Å². The Kier molecular flexibility index (Phi) is 7.00. The molecule has 1 N–H and O–H groups in total. The number of carbonyl (C=O) groups excluding carboxylic acids is 2. The zero-order valence-electron chi connectivity index (χ0n) is 18.5. The Morgan fingerprint density at radius 2 is 1.70 bits per heavy atom. The maximum Gasteiger partial charge on any atom is 0.234 e. The Hall–Kier alpha value is -3.71. The van der Waals surface area contributed by atoms with Gasteiger partial charge in [0.1, 0.15) is 0 Å². The number of nitrogens with zero attached hydrogens (tertiary/aromatic N) is 3. The molecule has 0 fully saturated rings. The number of amides is 1. The maximum absolute atomic E-state index is 12.5. The molecule has 0 unspecified atom stereocenters. The lowest BCUT2D eigenvalue weighted by molar-refractivity contribution is -0.113. The van der Waals surface area contributed by atoms with Gasteiger partial charge in [-0.1, -0.05) is 65.9 Å². The van der Waals surface area contributed by atoms with Crippen molar-refractivity contribution in [2.45, 2.75) is 25.5 Å². The highest BCUT2D eigenvalue weighted by atomic mass is 32.2. The summed E-state index contributed by atoms with van der Waals surface area (Å²) in [7, 11) is 0. The predicted molar refractivity (Wildman–Crippen MR) is 132 cm³/mol. The molecule has 33 heavy (non-hydrogen) atoms. The van der Waals surface area contributed by atoms with Gasteiger partial charge < -0.3 is 5.32 Å². The molecule has 6 nitrogen and oxygen atoms in total. The van der Waals surface area contributed by atoms with Gasteiger partial charge in [-0.15, -0.1) is 10.2 Å². The first kappa shape index (κ1) is 22.5. The van der Waals surface area contributed by atoms with Crippen LogP contribution in [-0.4, -0.2) is 32.2 Å². The van der Waals surface area contributed by atoms with Crippen LogP contribution < -0.4 is 5.32 Å². The van der Waals surface area contributed by atoms with Gasteiger partial charge in [0.25, 0.3) is 0 Å². The molecule has 0 aliphatic rings. The van der Waals surface area contributed by atoms with Gasteiger partial charge >= 0.3 is 0 Å². The average molecular weight is 457 g/mol. The number of aromatic nitrogens is 3. The van der Waals surface area contributed by atoms with Crippen LogP contribution in [0.3, 0.4) is 0 Å². The van der Waals surface area contributed by atoms with E-state index in [2.05, 4.69) is 33.7 Å². The molecule has 0 atom stereocenters. The highest BCUT2D eigenvalue weighted by molar-refractivity contribution is 7.99. The van der Waals surface area contributed by atoms with E-state index < -0.39 is 0 Å². The van der Waals surface area contributed by atoms with Crippen molar-refractivity contribution in [1.82, 2.24) is 14.8 Å². The van der Waals surface area contributed by atoms with Crippen LogP contribution in [0.5, 0.6) is 0 Å². The summed E-state index contributed by atoms with van der Waals surface area (Å²) in [4.78, 5) is 24.0. The molecule has 1 amide bonds. The van der Waals surface area contributed by atoms with Crippen molar-refractivity contribution in [3.63, 3.8) is 0 Å². The standard InChI is InChI=1S/C26H24N4O2S/c1-18-7-6-10-22(15-18)25-28-29-26(30(25)16-20-8-4-3-5-9-20)33-17-24(32)27-23-13-11-21(12-14-23)19(2)31/h3-15H,16-17H2,1-2H3,(H,27,32). The number of rotatable bonds is 8. The normalized spacial score (nSPS) is 10.7. The SMILES string of the molecule is CC(=O)c1ccc(NC(=O)CSc2nnc(-c3cccc(C)c3)n2Cc2ccccc2)cc1. The molecule has 0 radical (unpaired) electrons. The fraction of sp³-hybridized carbons (Fsp3) is 0.154. The van der Waals surface area contributed by atoms with Gasteiger partial charge in [0.15, 0.2) is 16.8 Å². The number of nitrogens with one attached hydrogen (secondary N) is 1. The van der Waals surface area contributed by atoms with Crippen molar-refractivity contribution in [2.75, 3.05) is 11.1 Å². The van der Waals surface area contributed by atoms with E-state index >= 15 is 0 Å². The zero-order valence-corrected chi connectivity index (χ0v) is 19.3. The second-order valence-corrected chi connectivity index (χ2v) is 8.66. The van der Waals surface area contributed by atoms with Crippen LogP contribution in [0.1, 0.15) is 28.4 Å². The van der Waals surface area contributed by atoms with Crippen LogP contribution in [0.25, 0.3) is 11.4 Å². The number of benzene rings is 3. The Labute approximate surface area is 197 Å². The van der Waals surface area contributed by atoms with E-state index in [1.807, 2.05) is 47.9 Å². The summed E-state index contributed by atoms with van der Waals surface area (Å²) in [5.74, 6) is 0.799. The number of thioether (sulfide) groups is 1. The minimum absolute atomic E-state index is 0.00871. The molecular formula is C26H24N4O2S. The number of anilines is 1. The summed E-state index contributed by atoms with van der Waals surface area (Å²) in [5.41, 5.74) is 4.52. The van der Waals surface area contributed by atoms with Gasteiger partial charge in [0.2, 0.25) is 5.91 Å². The number of carbonyl (C=O) groups is 2. The molecular weight excluding hydrogens is 432 g/mol. The highest BCUT2D eigenvalue weighted by Crippen LogP contribution is 2.26. The van der Waals surface area contributed by atoms with E-state index in [0.717, 1.165) is 22.5 Å². The third-order valence-electron chi connectivity index (χ3n) is 5.08. The van der Waals surface area contributed by atoms with E-state index in [4.69, 9.17) is 0 Å². The third kappa shape index (κ3) is 5.75. The van der Waals surface area contributed by atoms with Crippen LogP contribution in [0.2, 0.25) is 0 Å². The highest BCUT2D eigenvalue weighted by Gasteiger charge is 2.16. The first-order valence-electron chi connectivity index (χ1n) is 10.6. The van der Waals surface area contributed by atoms with E-state index in [9.17, 15) is 9.59 Å². The fourth-order valence-corrected chi connectivity index (χ4v) is 4.15. The van der Waals surface area contributed by atoms with Gasteiger partial charge in [-0.25, -0.2) is 0 Å². The number of hydrogen-bond acceptors (Lipinski definition) is 5. The first-order chi connectivity index (χ1) is 16.0. The zero-order chi connectivity index (χ0) is 23.2. The molecule has 4 rings (SSSR count). The molecule has 0 spiro atoms. The van der Waals surface area contributed by atoms with Crippen molar-refractivity contribution in [3.05, 3.63) is 95.6 Å². The summed E-state index contributed by atoms with van der Waals surface area (Å²) in [6.45, 7) is 4.17. The Bertz CT molecular complexity index is 1270. The molecule has 0 aliphatic carbocycles. The summed E-state index contributed by atoms with van der Waals surface area (Å²) in [6, 6.07) is 25.1. The molecule has 1 heterocycles. The van der Waals surface area contributed by atoms with E-state index in [1.165, 1.54) is 18.7 Å². The lowest BCUT2D eigenvalue weighted by Gasteiger charge is -2.11. The number of ketones is 1. The Balaban J connectivity index is 1.51. The van der Waals surface area contributed by atoms with Crippen molar-refractivity contribution >= 4 is 29.1 Å². The molecule has 0 saturated heterocycles. The quantitative estimate of drug-likeness (QED) is 0.290. The minimum Gasteiger partial charge on any atom is -0.325 e. The second-order valence-electron chi connectivity index (χ2n) is 7.72. The van der Waals surface area contributed by atoms with Crippen molar-refractivity contribution in [3.8, 4) is 11.4 Å². The smallest absolute Gasteiger partial charge is 0.234 e. The lowest BCUT2D eigenvalue weighted by Crippen LogP contribution is -2.15. The van der Waals surface area contributed by atoms with E-state index in [1.54, 1.807) is 24.3 Å². The molecule has 7 heteroatoms. The molecule has 0 saturated carbocycles. The van der Waals surface area contributed by atoms with Crippen LogP contribution in [0, 0.1) is 6.92 Å². The van der Waals surface area contributed by atoms with Gasteiger partial charge in [-0.05, 0) is 49.7 Å². The lowest BCUT2D eigenvalue weighted by atomic mass is 10.1.